The highest BCUT2D eigenvalue weighted by atomic mass is 79.9. The molecule has 2 amide bonds. The van der Waals surface area contributed by atoms with E-state index in [4.69, 9.17) is 11.1 Å². The van der Waals surface area contributed by atoms with Crippen LogP contribution >= 0.6 is 27.7 Å². The lowest BCUT2D eigenvalue weighted by Gasteiger charge is -2.05. The number of nitrogens with one attached hydrogen (secondary N) is 3. The average Bonchev–Trinajstić information content (AvgIpc) is 3.44. The summed E-state index contributed by atoms with van der Waals surface area (Å²) in [5.74, 6) is -0.0755. The molecular formula is C24H20BrN5O2S. The molecule has 1 aliphatic rings. The summed E-state index contributed by atoms with van der Waals surface area (Å²) < 4.78 is 2.94. The normalized spacial score (nSPS) is 14.0. The number of hydrogen-bond acceptors (Lipinski definition) is 4. The molecule has 9 heteroatoms. The number of carbonyl (C=O) groups excluding carboxylic acids is 2. The van der Waals surface area contributed by atoms with Crippen molar-refractivity contribution in [1.82, 2.24) is 14.9 Å². The molecule has 0 spiro atoms. The van der Waals surface area contributed by atoms with Crippen molar-refractivity contribution in [2.45, 2.75) is 13.0 Å². The number of amides is 2. The van der Waals surface area contributed by atoms with Crippen molar-refractivity contribution in [1.29, 1.82) is 5.41 Å². The van der Waals surface area contributed by atoms with E-state index in [0.717, 1.165) is 38.5 Å². The van der Waals surface area contributed by atoms with E-state index in [0.29, 0.717) is 28.8 Å². The van der Waals surface area contributed by atoms with E-state index in [1.54, 1.807) is 6.20 Å². The summed E-state index contributed by atoms with van der Waals surface area (Å²) in [6, 6.07) is 13.6. The highest BCUT2D eigenvalue weighted by Gasteiger charge is 2.35. The van der Waals surface area contributed by atoms with Crippen molar-refractivity contribution in [3.05, 3.63) is 70.5 Å². The molecule has 0 radical (unpaired) electrons. The van der Waals surface area contributed by atoms with Gasteiger partial charge in [-0.25, -0.2) is 0 Å². The van der Waals surface area contributed by atoms with Gasteiger partial charge in [-0.15, -0.1) is 0 Å². The zero-order valence-electron chi connectivity index (χ0n) is 17.4. The van der Waals surface area contributed by atoms with Crippen LogP contribution in [0.3, 0.4) is 0 Å². The fraction of sp³-hybridized carbons (Fsp3) is 0.125. The van der Waals surface area contributed by atoms with Gasteiger partial charge in [0.05, 0.1) is 11.1 Å². The number of para-hydroxylation sites is 1. The number of aromatic nitrogens is 2. The summed E-state index contributed by atoms with van der Waals surface area (Å²) in [5.41, 5.74) is 9.47. The third kappa shape index (κ3) is 3.77. The van der Waals surface area contributed by atoms with Crippen molar-refractivity contribution >= 4 is 77.6 Å². The van der Waals surface area contributed by atoms with Crippen molar-refractivity contribution in [3.8, 4) is 0 Å². The van der Waals surface area contributed by atoms with Crippen LogP contribution in [0.5, 0.6) is 0 Å². The molecule has 4 aromatic rings. The first-order valence-corrected chi connectivity index (χ1v) is 12.1. The van der Waals surface area contributed by atoms with Crippen LogP contribution in [0.1, 0.15) is 17.5 Å². The molecule has 0 bridgehead atoms. The van der Waals surface area contributed by atoms with E-state index in [2.05, 4.69) is 30.8 Å². The number of imide groups is 1. The maximum Gasteiger partial charge on any atom is 0.259 e. The smallest absolute Gasteiger partial charge is 0.259 e. The van der Waals surface area contributed by atoms with Gasteiger partial charge in [0.15, 0.2) is 5.17 Å². The zero-order chi connectivity index (χ0) is 23.1. The van der Waals surface area contributed by atoms with Gasteiger partial charge in [-0.05, 0) is 24.6 Å². The van der Waals surface area contributed by atoms with E-state index < -0.39 is 11.8 Å². The highest BCUT2D eigenvalue weighted by Crippen LogP contribution is 2.40. The van der Waals surface area contributed by atoms with Crippen LogP contribution in [-0.4, -0.2) is 32.3 Å². The van der Waals surface area contributed by atoms with Gasteiger partial charge in [-0.2, -0.15) is 0 Å². The van der Waals surface area contributed by atoms with Crippen molar-refractivity contribution in [2.24, 2.45) is 5.73 Å². The molecule has 0 aliphatic carbocycles. The summed E-state index contributed by atoms with van der Waals surface area (Å²) >= 11 is 4.95. The van der Waals surface area contributed by atoms with Gasteiger partial charge in [0.1, 0.15) is 0 Å². The fourth-order valence-corrected chi connectivity index (χ4v) is 5.41. The molecule has 0 unspecified atom stereocenters. The van der Waals surface area contributed by atoms with Crippen LogP contribution < -0.4 is 11.1 Å². The predicted octanol–water partition coefficient (Wildman–Crippen LogP) is 4.47. The Morgan fingerprint density at radius 1 is 1.06 bits per heavy atom. The number of hydrogen-bond donors (Lipinski definition) is 4. The van der Waals surface area contributed by atoms with E-state index in [1.165, 1.54) is 11.8 Å². The molecule has 0 saturated heterocycles. The standard InChI is InChI=1S/C24H20BrN5O2S/c25-16-6-3-8-18-19(16)15(12-30(18)9-4-10-33-24(26)27)21-20(22(31)29-23(21)32)14-11-28-17-7-2-1-5-13(14)17/h1-3,5-8,11-12,28H,4,9-10H2,(H3,26,27)(H,29,31,32). The Morgan fingerprint density at radius 2 is 1.82 bits per heavy atom. The van der Waals surface area contributed by atoms with Crippen molar-refractivity contribution < 1.29 is 9.59 Å². The lowest BCUT2D eigenvalue weighted by molar-refractivity contribution is -0.122. The van der Waals surface area contributed by atoms with E-state index in [9.17, 15) is 9.59 Å². The molecule has 3 heterocycles. The van der Waals surface area contributed by atoms with Crippen LogP contribution in [-0.2, 0) is 16.1 Å². The molecule has 5 rings (SSSR count). The molecule has 0 saturated carbocycles. The van der Waals surface area contributed by atoms with Crippen molar-refractivity contribution in [2.75, 3.05) is 5.75 Å². The molecular weight excluding hydrogens is 502 g/mol. The van der Waals surface area contributed by atoms with Gasteiger partial charge in [-0.3, -0.25) is 20.3 Å². The monoisotopic (exact) mass is 521 g/mol. The number of rotatable bonds is 6. The molecule has 2 aromatic carbocycles. The summed E-state index contributed by atoms with van der Waals surface area (Å²) in [6.07, 6.45) is 4.53. The lowest BCUT2D eigenvalue weighted by atomic mass is 9.95. The predicted molar refractivity (Wildman–Crippen MR) is 137 cm³/mol. The summed E-state index contributed by atoms with van der Waals surface area (Å²) in [5, 5.41) is 11.8. The largest absolute Gasteiger partial charge is 0.379 e. The SMILES string of the molecule is N=C(N)SCCCn1cc(C2=C(c3c[nH]c4ccccc34)C(=O)NC2=O)c2c(Br)cccc21. The van der Waals surface area contributed by atoms with Gasteiger partial charge in [0.25, 0.3) is 11.8 Å². The number of halogens is 1. The maximum atomic E-state index is 13.1. The molecule has 1 aliphatic heterocycles. The number of fused-ring (bicyclic) bond motifs is 2. The number of thioether (sulfide) groups is 1. The number of carbonyl (C=O) groups is 2. The van der Waals surface area contributed by atoms with Crippen LogP contribution in [0, 0.1) is 5.41 Å². The first-order valence-electron chi connectivity index (χ1n) is 10.4. The second kappa shape index (κ2) is 8.57. The molecule has 5 N–H and O–H groups in total. The Balaban J connectivity index is 1.69. The number of H-pyrrole nitrogens is 1. The van der Waals surface area contributed by atoms with Gasteiger partial charge >= 0.3 is 0 Å². The quantitative estimate of drug-likeness (QED) is 0.129. The van der Waals surface area contributed by atoms with E-state index in [-0.39, 0.29) is 5.17 Å². The number of aromatic amines is 1. The molecule has 166 valence electrons. The van der Waals surface area contributed by atoms with Gasteiger partial charge in [-0.1, -0.05) is 52.0 Å². The molecule has 0 fully saturated rings. The Morgan fingerprint density at radius 3 is 2.61 bits per heavy atom. The Labute approximate surface area is 202 Å². The first-order chi connectivity index (χ1) is 16.0. The van der Waals surface area contributed by atoms with Crippen LogP contribution in [0.2, 0.25) is 0 Å². The molecule has 7 nitrogen and oxygen atoms in total. The topological polar surface area (TPSA) is 117 Å². The average molecular weight is 522 g/mol. The lowest BCUT2D eigenvalue weighted by Crippen LogP contribution is -2.22. The summed E-state index contributed by atoms with van der Waals surface area (Å²) in [6.45, 7) is 0.693. The first kappa shape index (κ1) is 21.5. The Hall–Kier alpha value is -3.30. The number of benzene rings is 2. The second-order valence-corrected chi connectivity index (χ2v) is 9.71. The summed E-state index contributed by atoms with van der Waals surface area (Å²) in [7, 11) is 0. The fourth-order valence-electron chi connectivity index (χ4n) is 4.35. The number of aryl methyl sites for hydroxylation is 1. The Bertz CT molecular complexity index is 1480. The minimum atomic E-state index is -0.401. The van der Waals surface area contributed by atoms with Crippen molar-refractivity contribution in [3.63, 3.8) is 0 Å². The molecule has 0 atom stereocenters. The van der Waals surface area contributed by atoms with E-state index in [1.807, 2.05) is 48.7 Å². The van der Waals surface area contributed by atoms with E-state index >= 15 is 0 Å². The third-order valence-corrected chi connectivity index (χ3v) is 7.18. The van der Waals surface area contributed by atoms with Gasteiger partial charge < -0.3 is 15.3 Å². The number of amidine groups is 1. The number of nitrogens with two attached hydrogens (primary N) is 1. The minimum Gasteiger partial charge on any atom is -0.379 e. The van der Waals surface area contributed by atoms with Crippen LogP contribution in [0.25, 0.3) is 33.0 Å². The third-order valence-electron chi connectivity index (χ3n) is 5.72. The number of nitrogens with zero attached hydrogens (tertiary/aromatic N) is 1. The second-order valence-electron chi connectivity index (χ2n) is 7.72. The maximum absolute atomic E-state index is 13.1. The zero-order valence-corrected chi connectivity index (χ0v) is 19.8. The molecule has 33 heavy (non-hydrogen) atoms. The Kier molecular flexibility index (Phi) is 5.59. The van der Waals surface area contributed by atoms with Gasteiger partial charge in [0.2, 0.25) is 0 Å². The van der Waals surface area contributed by atoms with Crippen LogP contribution in [0.4, 0.5) is 0 Å². The minimum absolute atomic E-state index is 0.102. The summed E-state index contributed by atoms with van der Waals surface area (Å²) in [4.78, 5) is 29.2. The van der Waals surface area contributed by atoms with Gasteiger partial charge in [0, 0.05) is 62.1 Å². The molecule has 2 aromatic heterocycles. The highest BCUT2D eigenvalue weighted by molar-refractivity contribution is 9.10. The van der Waals surface area contributed by atoms with Crippen LogP contribution in [0.15, 0.2) is 59.3 Å².